The molecule has 0 bridgehead atoms. The molecule has 0 aromatic carbocycles. The van der Waals surface area contributed by atoms with Crippen LogP contribution >= 0.6 is 0 Å². The molecule has 0 heterocycles. The minimum atomic E-state index is -0.641. The molecule has 0 aliphatic heterocycles. The SMILES string of the molecule is N#CC1(C(=O)NC2CCCCC2)CC1. The van der Waals surface area contributed by atoms with E-state index >= 15 is 0 Å². The van der Waals surface area contributed by atoms with Gasteiger partial charge < -0.3 is 5.32 Å². The van der Waals surface area contributed by atoms with Crippen LogP contribution in [0.3, 0.4) is 0 Å². The van der Waals surface area contributed by atoms with Crippen molar-refractivity contribution in [2.45, 2.75) is 51.0 Å². The third-order valence-electron chi connectivity index (χ3n) is 3.34. The summed E-state index contributed by atoms with van der Waals surface area (Å²) in [5, 5.41) is 11.9. The van der Waals surface area contributed by atoms with Gasteiger partial charge in [-0.3, -0.25) is 4.79 Å². The van der Waals surface area contributed by atoms with Crippen molar-refractivity contribution >= 4 is 5.91 Å². The maximum atomic E-state index is 11.7. The Kier molecular flexibility index (Phi) is 2.45. The topological polar surface area (TPSA) is 52.9 Å². The number of nitrogens with one attached hydrogen (secondary N) is 1. The zero-order valence-corrected chi connectivity index (χ0v) is 8.38. The van der Waals surface area contributed by atoms with E-state index in [9.17, 15) is 4.79 Å². The Balaban J connectivity index is 1.85. The van der Waals surface area contributed by atoms with Gasteiger partial charge in [-0.05, 0) is 25.7 Å². The van der Waals surface area contributed by atoms with Crippen molar-refractivity contribution in [2.24, 2.45) is 5.41 Å². The lowest BCUT2D eigenvalue weighted by Gasteiger charge is -2.23. The zero-order valence-electron chi connectivity index (χ0n) is 8.38. The highest BCUT2D eigenvalue weighted by Gasteiger charge is 2.50. The molecule has 2 aliphatic carbocycles. The van der Waals surface area contributed by atoms with Gasteiger partial charge in [0, 0.05) is 6.04 Å². The number of amides is 1. The van der Waals surface area contributed by atoms with Gasteiger partial charge in [-0.15, -0.1) is 0 Å². The molecule has 0 aromatic heterocycles. The van der Waals surface area contributed by atoms with Crippen LogP contribution in [0.1, 0.15) is 44.9 Å². The summed E-state index contributed by atoms with van der Waals surface area (Å²) in [6, 6.07) is 2.46. The summed E-state index contributed by atoms with van der Waals surface area (Å²) in [7, 11) is 0. The maximum Gasteiger partial charge on any atom is 0.240 e. The first kappa shape index (κ1) is 9.51. The minimum Gasteiger partial charge on any atom is -0.352 e. The van der Waals surface area contributed by atoms with Gasteiger partial charge in [0.05, 0.1) is 6.07 Å². The van der Waals surface area contributed by atoms with Crippen LogP contribution in [0.5, 0.6) is 0 Å². The summed E-state index contributed by atoms with van der Waals surface area (Å²) in [5.74, 6) is -0.0214. The molecule has 0 atom stereocenters. The summed E-state index contributed by atoms with van der Waals surface area (Å²) < 4.78 is 0. The molecular formula is C11H16N2O. The molecule has 0 spiro atoms. The van der Waals surface area contributed by atoms with Gasteiger partial charge in [-0.1, -0.05) is 19.3 Å². The van der Waals surface area contributed by atoms with Crippen molar-refractivity contribution < 1.29 is 4.79 Å². The van der Waals surface area contributed by atoms with Crippen LogP contribution in [-0.2, 0) is 4.79 Å². The van der Waals surface area contributed by atoms with Crippen LogP contribution in [0.25, 0.3) is 0 Å². The van der Waals surface area contributed by atoms with Crippen molar-refractivity contribution in [2.75, 3.05) is 0 Å². The molecule has 1 amide bonds. The maximum absolute atomic E-state index is 11.7. The van der Waals surface area contributed by atoms with Gasteiger partial charge in [0.2, 0.25) is 5.91 Å². The van der Waals surface area contributed by atoms with Crippen molar-refractivity contribution in [1.82, 2.24) is 5.32 Å². The lowest BCUT2D eigenvalue weighted by Crippen LogP contribution is -2.40. The molecule has 2 saturated carbocycles. The van der Waals surface area contributed by atoms with E-state index in [1.54, 1.807) is 0 Å². The van der Waals surface area contributed by atoms with Gasteiger partial charge in [0.25, 0.3) is 0 Å². The Morgan fingerprint density at radius 3 is 2.43 bits per heavy atom. The highest BCUT2D eigenvalue weighted by atomic mass is 16.2. The lowest BCUT2D eigenvalue weighted by atomic mass is 9.94. The first-order chi connectivity index (χ1) is 6.77. The van der Waals surface area contributed by atoms with E-state index in [-0.39, 0.29) is 5.91 Å². The third-order valence-corrected chi connectivity index (χ3v) is 3.34. The zero-order chi connectivity index (χ0) is 10.0. The molecular weight excluding hydrogens is 176 g/mol. The Morgan fingerprint density at radius 2 is 1.93 bits per heavy atom. The van der Waals surface area contributed by atoms with Gasteiger partial charge in [0.15, 0.2) is 0 Å². The fourth-order valence-corrected chi connectivity index (χ4v) is 2.09. The summed E-state index contributed by atoms with van der Waals surface area (Å²) in [5.41, 5.74) is -0.641. The highest BCUT2D eigenvalue weighted by Crippen LogP contribution is 2.45. The summed E-state index contributed by atoms with van der Waals surface area (Å²) in [4.78, 5) is 11.7. The Hall–Kier alpha value is -1.04. The third kappa shape index (κ3) is 1.75. The molecule has 0 unspecified atom stereocenters. The second kappa shape index (κ2) is 3.61. The fourth-order valence-electron chi connectivity index (χ4n) is 2.09. The Labute approximate surface area is 84.5 Å². The molecule has 2 rings (SSSR count). The molecule has 0 saturated heterocycles. The second-order valence-corrected chi connectivity index (χ2v) is 4.50. The molecule has 2 fully saturated rings. The van der Waals surface area contributed by atoms with Crippen molar-refractivity contribution in [3.8, 4) is 6.07 Å². The van der Waals surface area contributed by atoms with E-state index < -0.39 is 5.41 Å². The summed E-state index contributed by atoms with van der Waals surface area (Å²) in [6.07, 6.45) is 7.40. The average molecular weight is 192 g/mol. The highest BCUT2D eigenvalue weighted by molar-refractivity contribution is 5.88. The summed E-state index contributed by atoms with van der Waals surface area (Å²) >= 11 is 0. The van der Waals surface area contributed by atoms with E-state index in [0.29, 0.717) is 6.04 Å². The van der Waals surface area contributed by atoms with E-state index in [1.807, 2.05) is 0 Å². The van der Waals surface area contributed by atoms with Crippen LogP contribution in [0, 0.1) is 16.7 Å². The predicted molar refractivity (Wildman–Crippen MR) is 52.3 cm³/mol. The van der Waals surface area contributed by atoms with Gasteiger partial charge in [-0.2, -0.15) is 5.26 Å². The van der Waals surface area contributed by atoms with Crippen LogP contribution in [0.2, 0.25) is 0 Å². The van der Waals surface area contributed by atoms with E-state index in [1.165, 1.54) is 19.3 Å². The Bertz CT molecular complexity index is 270. The van der Waals surface area contributed by atoms with E-state index in [0.717, 1.165) is 25.7 Å². The number of hydrogen-bond donors (Lipinski definition) is 1. The van der Waals surface area contributed by atoms with E-state index in [4.69, 9.17) is 5.26 Å². The van der Waals surface area contributed by atoms with Crippen LogP contribution in [0.4, 0.5) is 0 Å². The van der Waals surface area contributed by atoms with Gasteiger partial charge in [0.1, 0.15) is 5.41 Å². The summed E-state index contributed by atoms with van der Waals surface area (Å²) in [6.45, 7) is 0. The minimum absolute atomic E-state index is 0.0214. The molecule has 3 heteroatoms. The van der Waals surface area contributed by atoms with Crippen LogP contribution < -0.4 is 5.32 Å². The number of rotatable bonds is 2. The first-order valence-electron chi connectivity index (χ1n) is 5.49. The molecule has 76 valence electrons. The van der Waals surface area contributed by atoms with E-state index in [2.05, 4.69) is 11.4 Å². The normalized spacial score (nSPS) is 25.1. The molecule has 3 nitrogen and oxygen atoms in total. The standard InChI is InChI=1S/C11H16N2O/c12-8-11(6-7-11)10(14)13-9-4-2-1-3-5-9/h9H,1-7H2,(H,13,14). The van der Waals surface area contributed by atoms with Crippen LogP contribution in [-0.4, -0.2) is 11.9 Å². The monoisotopic (exact) mass is 192 g/mol. The smallest absolute Gasteiger partial charge is 0.240 e. The van der Waals surface area contributed by atoms with Crippen molar-refractivity contribution in [3.05, 3.63) is 0 Å². The second-order valence-electron chi connectivity index (χ2n) is 4.50. The number of carbonyl (C=O) groups is 1. The Morgan fingerprint density at radius 1 is 1.29 bits per heavy atom. The number of hydrogen-bond acceptors (Lipinski definition) is 2. The molecule has 2 aliphatic rings. The van der Waals surface area contributed by atoms with Gasteiger partial charge in [-0.25, -0.2) is 0 Å². The molecule has 0 aromatic rings. The average Bonchev–Trinajstić information content (AvgIpc) is 3.00. The first-order valence-corrected chi connectivity index (χ1v) is 5.49. The molecule has 0 radical (unpaired) electrons. The quantitative estimate of drug-likeness (QED) is 0.724. The predicted octanol–water partition coefficient (Wildman–Crippen LogP) is 1.74. The van der Waals surface area contributed by atoms with Crippen molar-refractivity contribution in [1.29, 1.82) is 5.26 Å². The number of nitrogens with zero attached hydrogens (tertiary/aromatic N) is 1. The van der Waals surface area contributed by atoms with Crippen LogP contribution in [0.15, 0.2) is 0 Å². The molecule has 1 N–H and O–H groups in total. The fraction of sp³-hybridized carbons (Fsp3) is 0.818. The van der Waals surface area contributed by atoms with Crippen molar-refractivity contribution in [3.63, 3.8) is 0 Å². The lowest BCUT2D eigenvalue weighted by molar-refractivity contribution is -0.125. The largest absolute Gasteiger partial charge is 0.352 e. The number of nitriles is 1. The number of carbonyl (C=O) groups excluding carboxylic acids is 1. The van der Waals surface area contributed by atoms with Gasteiger partial charge >= 0.3 is 0 Å². The molecule has 14 heavy (non-hydrogen) atoms.